The predicted octanol–water partition coefficient (Wildman–Crippen LogP) is 5.37. The number of rotatable bonds is 14. The van der Waals surface area contributed by atoms with Crippen molar-refractivity contribution < 1.29 is 18.0 Å². The SMILES string of the molecule is CCC(CC)CCC(=O)c1cnn2ccc(C3CCN(S(=O)(=O)c4ccc(NC(=O)CCCCN)cc4)CC3)cc12. The van der Waals surface area contributed by atoms with E-state index >= 15 is 0 Å². The third-order valence-electron chi connectivity index (χ3n) is 8.34. The van der Waals surface area contributed by atoms with Crippen molar-refractivity contribution >= 4 is 32.9 Å². The van der Waals surface area contributed by atoms with Gasteiger partial charge in [0.25, 0.3) is 0 Å². The van der Waals surface area contributed by atoms with Crippen LogP contribution < -0.4 is 11.1 Å². The van der Waals surface area contributed by atoms with Crippen LogP contribution >= 0.6 is 0 Å². The minimum Gasteiger partial charge on any atom is -0.330 e. The van der Waals surface area contributed by atoms with Crippen LogP contribution in [-0.2, 0) is 14.8 Å². The van der Waals surface area contributed by atoms with E-state index in [0.717, 1.165) is 43.2 Å². The Morgan fingerprint density at radius 3 is 2.41 bits per heavy atom. The van der Waals surface area contributed by atoms with Gasteiger partial charge in [-0.1, -0.05) is 26.7 Å². The lowest BCUT2D eigenvalue weighted by Gasteiger charge is -2.31. The third kappa shape index (κ3) is 7.61. The number of unbranched alkanes of at least 4 members (excludes halogenated alkanes) is 1. The summed E-state index contributed by atoms with van der Waals surface area (Å²) in [5.41, 5.74) is 8.63. The van der Waals surface area contributed by atoms with E-state index in [9.17, 15) is 18.0 Å². The Kier molecular flexibility index (Phi) is 10.7. The maximum Gasteiger partial charge on any atom is 0.243 e. The summed E-state index contributed by atoms with van der Waals surface area (Å²) in [4.78, 5) is 25.3. The fourth-order valence-corrected chi connectivity index (χ4v) is 7.04. The second-order valence-electron chi connectivity index (χ2n) is 11.0. The van der Waals surface area contributed by atoms with Crippen LogP contribution in [0.2, 0.25) is 0 Å². The number of nitrogens with one attached hydrogen (secondary N) is 1. The van der Waals surface area contributed by atoms with E-state index in [1.54, 1.807) is 35.0 Å². The van der Waals surface area contributed by atoms with Crippen molar-refractivity contribution in [3.05, 3.63) is 59.9 Å². The number of carbonyl (C=O) groups excluding carboxylic acids is 2. The number of Topliss-reactive ketones (excluding diaryl/α,β-unsaturated/α-hetero) is 1. The molecule has 3 aromatic rings. The van der Waals surface area contributed by atoms with E-state index in [0.29, 0.717) is 62.5 Å². The zero-order valence-electron chi connectivity index (χ0n) is 24.2. The number of aromatic nitrogens is 2. The topological polar surface area (TPSA) is 127 Å². The first kappa shape index (κ1) is 30.9. The highest BCUT2D eigenvalue weighted by atomic mass is 32.2. The van der Waals surface area contributed by atoms with Gasteiger partial charge in [-0.3, -0.25) is 9.59 Å². The van der Waals surface area contributed by atoms with E-state index < -0.39 is 10.0 Å². The van der Waals surface area contributed by atoms with Crippen LogP contribution in [0.15, 0.2) is 53.7 Å². The van der Waals surface area contributed by atoms with Crippen molar-refractivity contribution in [2.24, 2.45) is 11.7 Å². The van der Waals surface area contributed by atoms with Gasteiger partial charge in [-0.2, -0.15) is 9.40 Å². The van der Waals surface area contributed by atoms with Crippen LogP contribution in [0.1, 0.15) is 93.5 Å². The number of anilines is 1. The first-order chi connectivity index (χ1) is 19.8. The van der Waals surface area contributed by atoms with Gasteiger partial charge in [-0.05, 0) is 92.4 Å². The van der Waals surface area contributed by atoms with Crippen LogP contribution in [0.5, 0.6) is 0 Å². The molecule has 1 aliphatic heterocycles. The molecule has 1 fully saturated rings. The minimum atomic E-state index is -3.64. The predicted molar refractivity (Wildman–Crippen MR) is 162 cm³/mol. The molecule has 10 heteroatoms. The quantitative estimate of drug-likeness (QED) is 0.195. The Hall–Kier alpha value is -3.08. The average molecular weight is 582 g/mol. The van der Waals surface area contributed by atoms with Crippen LogP contribution in [-0.4, -0.2) is 53.7 Å². The van der Waals surface area contributed by atoms with Crippen LogP contribution in [0, 0.1) is 5.92 Å². The first-order valence-corrected chi connectivity index (χ1v) is 16.3. The largest absolute Gasteiger partial charge is 0.330 e. The Morgan fingerprint density at radius 2 is 1.76 bits per heavy atom. The summed E-state index contributed by atoms with van der Waals surface area (Å²) in [6, 6.07) is 10.4. The number of nitrogens with two attached hydrogens (primary N) is 1. The Balaban J connectivity index is 1.37. The monoisotopic (exact) mass is 581 g/mol. The van der Waals surface area contributed by atoms with E-state index in [1.165, 1.54) is 4.31 Å². The molecule has 0 atom stereocenters. The molecule has 0 spiro atoms. The molecule has 41 heavy (non-hydrogen) atoms. The highest BCUT2D eigenvalue weighted by Crippen LogP contribution is 2.32. The second-order valence-corrected chi connectivity index (χ2v) is 12.9. The zero-order valence-corrected chi connectivity index (χ0v) is 25.0. The van der Waals surface area contributed by atoms with Gasteiger partial charge >= 0.3 is 0 Å². The summed E-state index contributed by atoms with van der Waals surface area (Å²) in [7, 11) is -3.64. The van der Waals surface area contributed by atoms with Gasteiger partial charge in [0.15, 0.2) is 5.78 Å². The van der Waals surface area contributed by atoms with Crippen LogP contribution in [0.4, 0.5) is 5.69 Å². The molecular formula is C31H43N5O4S. The fraction of sp³-hybridized carbons (Fsp3) is 0.516. The Labute approximate surface area is 243 Å². The maximum absolute atomic E-state index is 13.3. The molecular weight excluding hydrogens is 538 g/mol. The number of piperidine rings is 1. The van der Waals surface area contributed by atoms with Crippen LogP contribution in [0.3, 0.4) is 0 Å². The van der Waals surface area contributed by atoms with Crippen molar-refractivity contribution in [2.75, 3.05) is 25.0 Å². The van der Waals surface area contributed by atoms with Crippen molar-refractivity contribution in [3.63, 3.8) is 0 Å². The van der Waals surface area contributed by atoms with E-state index in [1.807, 2.05) is 12.3 Å². The number of fused-ring (bicyclic) bond motifs is 1. The molecule has 1 aliphatic rings. The summed E-state index contributed by atoms with van der Waals surface area (Å²) in [5, 5.41) is 7.20. The molecule has 3 N–H and O–H groups in total. The molecule has 222 valence electrons. The summed E-state index contributed by atoms with van der Waals surface area (Å²) in [5.74, 6) is 0.782. The third-order valence-corrected chi connectivity index (χ3v) is 10.3. The molecule has 3 heterocycles. The van der Waals surface area contributed by atoms with Gasteiger partial charge in [0, 0.05) is 37.8 Å². The van der Waals surface area contributed by atoms with Crippen LogP contribution in [0.25, 0.3) is 5.52 Å². The molecule has 9 nitrogen and oxygen atoms in total. The van der Waals surface area contributed by atoms with Gasteiger partial charge in [0.1, 0.15) is 0 Å². The molecule has 0 saturated carbocycles. The minimum absolute atomic E-state index is 0.108. The number of ketones is 1. The van der Waals surface area contributed by atoms with Gasteiger partial charge in [0.05, 0.1) is 22.2 Å². The molecule has 0 bridgehead atoms. The summed E-state index contributed by atoms with van der Waals surface area (Å²) < 4.78 is 29.9. The standard InChI is InChI=1S/C31H43N5O4S/c1-3-23(4-2)8-13-30(37)28-22-33-36-20-16-25(21-29(28)36)24-14-18-35(19-15-24)41(39,40)27-11-9-26(10-12-27)34-31(38)7-5-6-17-32/h9-12,16,20-24H,3-8,13-15,17-19,32H2,1-2H3,(H,34,38). The lowest BCUT2D eigenvalue weighted by molar-refractivity contribution is -0.116. The van der Waals surface area contributed by atoms with Gasteiger partial charge < -0.3 is 11.1 Å². The number of hydrogen-bond acceptors (Lipinski definition) is 6. The number of benzene rings is 1. The Morgan fingerprint density at radius 1 is 1.05 bits per heavy atom. The van der Waals surface area contributed by atoms with E-state index in [-0.39, 0.29) is 22.5 Å². The lowest BCUT2D eigenvalue weighted by Crippen LogP contribution is -2.37. The average Bonchev–Trinajstić information content (AvgIpc) is 3.41. The number of sulfonamides is 1. The first-order valence-electron chi connectivity index (χ1n) is 14.9. The van der Waals surface area contributed by atoms with Gasteiger partial charge in [0.2, 0.25) is 15.9 Å². The lowest BCUT2D eigenvalue weighted by atomic mass is 9.90. The van der Waals surface area contributed by atoms with Crippen molar-refractivity contribution in [1.82, 2.24) is 13.9 Å². The zero-order chi connectivity index (χ0) is 29.4. The maximum atomic E-state index is 13.3. The van der Waals surface area contributed by atoms with Gasteiger partial charge in [-0.25, -0.2) is 12.9 Å². The van der Waals surface area contributed by atoms with Crippen molar-refractivity contribution in [3.8, 4) is 0 Å². The van der Waals surface area contributed by atoms with Crippen molar-refractivity contribution in [2.45, 2.75) is 82.4 Å². The molecule has 1 saturated heterocycles. The molecule has 1 aromatic carbocycles. The van der Waals surface area contributed by atoms with Crippen molar-refractivity contribution in [1.29, 1.82) is 0 Å². The fourth-order valence-electron chi connectivity index (χ4n) is 5.57. The number of nitrogens with zero attached hydrogens (tertiary/aromatic N) is 3. The van der Waals surface area contributed by atoms with Gasteiger partial charge in [-0.15, -0.1) is 0 Å². The molecule has 1 amide bonds. The number of carbonyl (C=O) groups is 2. The molecule has 4 rings (SSSR count). The highest BCUT2D eigenvalue weighted by molar-refractivity contribution is 7.89. The summed E-state index contributed by atoms with van der Waals surface area (Å²) in [6.07, 6.45) is 10.4. The smallest absolute Gasteiger partial charge is 0.243 e. The molecule has 0 unspecified atom stereocenters. The molecule has 2 aromatic heterocycles. The highest BCUT2D eigenvalue weighted by Gasteiger charge is 2.30. The van der Waals surface area contributed by atoms with E-state index in [4.69, 9.17) is 5.73 Å². The Bertz CT molecular complexity index is 1420. The number of pyridine rings is 1. The summed E-state index contributed by atoms with van der Waals surface area (Å²) in [6.45, 7) is 5.72. The molecule has 0 aliphatic carbocycles. The second kappa shape index (κ2) is 14.2. The number of amides is 1. The molecule has 0 radical (unpaired) electrons. The normalized spacial score (nSPS) is 15.0. The summed E-state index contributed by atoms with van der Waals surface area (Å²) >= 11 is 0. The number of hydrogen-bond donors (Lipinski definition) is 2. The van der Waals surface area contributed by atoms with E-state index in [2.05, 4.69) is 30.3 Å².